The van der Waals surface area contributed by atoms with Crippen molar-refractivity contribution >= 4 is 17.5 Å². The van der Waals surface area contributed by atoms with Crippen LogP contribution in [0.2, 0.25) is 0 Å². The van der Waals surface area contributed by atoms with Crippen LogP contribution in [0.5, 0.6) is 0 Å². The molecule has 0 unspecified atom stereocenters. The van der Waals surface area contributed by atoms with E-state index in [1.807, 2.05) is 0 Å². The lowest BCUT2D eigenvalue weighted by molar-refractivity contribution is -0.114. The van der Waals surface area contributed by atoms with Gasteiger partial charge in [0.1, 0.15) is 0 Å². The quantitative estimate of drug-likeness (QED) is 0.877. The number of likely N-dealkylation sites (tertiary alicyclic amines) is 1. The summed E-state index contributed by atoms with van der Waals surface area (Å²) in [5.41, 5.74) is 1.15. The first-order valence-corrected chi connectivity index (χ1v) is 8.29. The number of hydrogen-bond acceptors (Lipinski definition) is 3. The Kier molecular flexibility index (Phi) is 5.77. The molecular formula is C18H27N3O2. The molecule has 0 bridgehead atoms. The first kappa shape index (κ1) is 17.5. The molecule has 1 aliphatic rings. The SMILES string of the molecule is CC(=O)Nc1cccc(C(=O)NCC(C)(C)N2CCCCC2)c1. The summed E-state index contributed by atoms with van der Waals surface area (Å²) in [4.78, 5) is 25.9. The molecule has 1 aliphatic heterocycles. The van der Waals surface area contributed by atoms with Crippen LogP contribution < -0.4 is 10.6 Å². The second-order valence-electron chi connectivity index (χ2n) is 6.80. The van der Waals surface area contributed by atoms with Crippen LogP contribution in [0.25, 0.3) is 0 Å². The van der Waals surface area contributed by atoms with E-state index in [9.17, 15) is 9.59 Å². The zero-order valence-electron chi connectivity index (χ0n) is 14.3. The number of anilines is 1. The van der Waals surface area contributed by atoms with Gasteiger partial charge in [0.15, 0.2) is 0 Å². The maximum absolute atomic E-state index is 12.4. The van der Waals surface area contributed by atoms with Crippen LogP contribution in [0.1, 0.15) is 50.4 Å². The molecule has 1 aromatic rings. The fraction of sp³-hybridized carbons (Fsp3) is 0.556. The molecule has 0 radical (unpaired) electrons. The Morgan fingerprint density at radius 1 is 1.17 bits per heavy atom. The second-order valence-corrected chi connectivity index (χ2v) is 6.80. The molecule has 5 heteroatoms. The van der Waals surface area contributed by atoms with Crippen LogP contribution in [0.3, 0.4) is 0 Å². The molecule has 1 heterocycles. The molecule has 0 spiro atoms. The van der Waals surface area contributed by atoms with Gasteiger partial charge in [0, 0.05) is 30.3 Å². The molecule has 0 saturated carbocycles. The van der Waals surface area contributed by atoms with Crippen LogP contribution in [-0.2, 0) is 4.79 Å². The first-order chi connectivity index (χ1) is 10.9. The number of hydrogen-bond donors (Lipinski definition) is 2. The molecule has 0 aromatic heterocycles. The molecule has 0 aliphatic carbocycles. The number of nitrogens with one attached hydrogen (secondary N) is 2. The highest BCUT2D eigenvalue weighted by atomic mass is 16.2. The second kappa shape index (κ2) is 7.59. The van der Waals surface area contributed by atoms with E-state index >= 15 is 0 Å². The summed E-state index contributed by atoms with van der Waals surface area (Å²) in [6.07, 6.45) is 3.77. The summed E-state index contributed by atoms with van der Waals surface area (Å²) in [7, 11) is 0. The van der Waals surface area contributed by atoms with Gasteiger partial charge in [0.2, 0.25) is 5.91 Å². The molecule has 1 aromatic carbocycles. The average molecular weight is 317 g/mol. The van der Waals surface area contributed by atoms with Gasteiger partial charge in [0.05, 0.1) is 0 Å². The lowest BCUT2D eigenvalue weighted by atomic mass is 9.98. The van der Waals surface area contributed by atoms with Crippen LogP contribution in [0, 0.1) is 0 Å². The fourth-order valence-electron chi connectivity index (χ4n) is 2.95. The van der Waals surface area contributed by atoms with Crippen molar-refractivity contribution in [1.29, 1.82) is 0 Å². The summed E-state index contributed by atoms with van der Waals surface area (Å²) in [5, 5.41) is 5.72. The number of amides is 2. The summed E-state index contributed by atoms with van der Waals surface area (Å²) < 4.78 is 0. The zero-order valence-corrected chi connectivity index (χ0v) is 14.3. The summed E-state index contributed by atoms with van der Waals surface area (Å²) in [5.74, 6) is -0.254. The smallest absolute Gasteiger partial charge is 0.251 e. The Morgan fingerprint density at radius 2 is 1.87 bits per heavy atom. The van der Waals surface area contributed by atoms with E-state index in [1.54, 1.807) is 24.3 Å². The van der Waals surface area contributed by atoms with Gasteiger partial charge in [-0.3, -0.25) is 14.5 Å². The molecule has 2 N–H and O–H groups in total. The molecule has 2 rings (SSSR count). The predicted octanol–water partition coefficient (Wildman–Crippen LogP) is 2.64. The average Bonchev–Trinajstić information content (AvgIpc) is 2.53. The van der Waals surface area contributed by atoms with E-state index in [0.29, 0.717) is 17.8 Å². The Morgan fingerprint density at radius 3 is 2.52 bits per heavy atom. The number of nitrogens with zero attached hydrogens (tertiary/aromatic N) is 1. The molecule has 0 atom stereocenters. The number of piperidine rings is 1. The van der Waals surface area contributed by atoms with E-state index in [1.165, 1.54) is 26.2 Å². The molecular weight excluding hydrogens is 290 g/mol. The van der Waals surface area contributed by atoms with E-state index in [2.05, 4.69) is 29.4 Å². The zero-order chi connectivity index (χ0) is 16.9. The van der Waals surface area contributed by atoms with Crippen molar-refractivity contribution in [3.8, 4) is 0 Å². The van der Waals surface area contributed by atoms with Gasteiger partial charge in [-0.15, -0.1) is 0 Å². The number of carbonyl (C=O) groups is 2. The van der Waals surface area contributed by atoms with Crippen molar-refractivity contribution < 1.29 is 9.59 Å². The highest BCUT2D eigenvalue weighted by Gasteiger charge is 2.28. The van der Waals surface area contributed by atoms with Gasteiger partial charge in [-0.1, -0.05) is 12.5 Å². The van der Waals surface area contributed by atoms with Crippen molar-refractivity contribution in [3.63, 3.8) is 0 Å². The lowest BCUT2D eigenvalue weighted by Crippen LogP contribution is -2.53. The van der Waals surface area contributed by atoms with Gasteiger partial charge in [-0.05, 0) is 58.0 Å². The van der Waals surface area contributed by atoms with Crippen LogP contribution >= 0.6 is 0 Å². The number of rotatable bonds is 5. The predicted molar refractivity (Wildman–Crippen MR) is 92.6 cm³/mol. The first-order valence-electron chi connectivity index (χ1n) is 8.29. The van der Waals surface area contributed by atoms with Gasteiger partial charge in [0.25, 0.3) is 5.91 Å². The van der Waals surface area contributed by atoms with Crippen molar-refractivity contribution in [2.75, 3.05) is 25.0 Å². The van der Waals surface area contributed by atoms with E-state index in [0.717, 1.165) is 13.1 Å². The maximum Gasteiger partial charge on any atom is 0.251 e. The van der Waals surface area contributed by atoms with Gasteiger partial charge < -0.3 is 10.6 Å². The minimum absolute atomic E-state index is 0.0503. The Balaban J connectivity index is 1.94. The van der Waals surface area contributed by atoms with E-state index < -0.39 is 0 Å². The van der Waals surface area contributed by atoms with Crippen molar-refractivity contribution in [1.82, 2.24) is 10.2 Å². The minimum atomic E-state index is -0.145. The van der Waals surface area contributed by atoms with Gasteiger partial charge in [-0.25, -0.2) is 0 Å². The highest BCUT2D eigenvalue weighted by Crippen LogP contribution is 2.20. The molecule has 5 nitrogen and oxygen atoms in total. The Hall–Kier alpha value is -1.88. The monoisotopic (exact) mass is 317 g/mol. The maximum atomic E-state index is 12.4. The third kappa shape index (κ3) is 5.06. The van der Waals surface area contributed by atoms with E-state index in [-0.39, 0.29) is 17.4 Å². The van der Waals surface area contributed by atoms with E-state index in [4.69, 9.17) is 0 Å². The van der Waals surface area contributed by atoms with Gasteiger partial charge in [-0.2, -0.15) is 0 Å². The normalized spacial score (nSPS) is 16.0. The number of carbonyl (C=O) groups excluding carboxylic acids is 2. The minimum Gasteiger partial charge on any atom is -0.350 e. The van der Waals surface area contributed by atoms with Gasteiger partial charge >= 0.3 is 0 Å². The topological polar surface area (TPSA) is 61.4 Å². The molecule has 2 amide bonds. The summed E-state index contributed by atoms with van der Waals surface area (Å²) >= 11 is 0. The van der Waals surface area contributed by atoms with Crippen LogP contribution in [-0.4, -0.2) is 41.9 Å². The molecule has 126 valence electrons. The van der Waals surface area contributed by atoms with Crippen LogP contribution in [0.15, 0.2) is 24.3 Å². The lowest BCUT2D eigenvalue weighted by Gasteiger charge is -2.41. The third-order valence-electron chi connectivity index (χ3n) is 4.34. The van der Waals surface area contributed by atoms with Crippen LogP contribution in [0.4, 0.5) is 5.69 Å². The standard InChI is InChI=1S/C18H27N3O2/c1-14(22)20-16-9-7-8-15(12-16)17(23)19-13-18(2,3)21-10-5-4-6-11-21/h7-9,12H,4-6,10-11,13H2,1-3H3,(H,19,23)(H,20,22). The Bertz CT molecular complexity index is 563. The largest absolute Gasteiger partial charge is 0.350 e. The Labute approximate surface area is 138 Å². The highest BCUT2D eigenvalue weighted by molar-refractivity contribution is 5.96. The van der Waals surface area contributed by atoms with Crippen molar-refractivity contribution in [3.05, 3.63) is 29.8 Å². The summed E-state index contributed by atoms with van der Waals surface area (Å²) in [6, 6.07) is 7.00. The van der Waals surface area contributed by atoms with Crippen molar-refractivity contribution in [2.24, 2.45) is 0 Å². The molecule has 1 fully saturated rings. The molecule has 1 saturated heterocycles. The van der Waals surface area contributed by atoms with Crippen molar-refractivity contribution in [2.45, 2.75) is 45.6 Å². The number of benzene rings is 1. The summed E-state index contributed by atoms with van der Waals surface area (Å²) in [6.45, 7) is 8.60. The molecule has 23 heavy (non-hydrogen) atoms. The third-order valence-corrected chi connectivity index (χ3v) is 4.34. The fourth-order valence-corrected chi connectivity index (χ4v) is 2.95.